The topological polar surface area (TPSA) is 75.6 Å². The van der Waals surface area contributed by atoms with E-state index < -0.39 is 23.6 Å². The largest absolute Gasteiger partial charge is 0.455 e. The van der Waals surface area contributed by atoms with Crippen molar-refractivity contribution in [2.45, 2.75) is 91.3 Å². The van der Waals surface area contributed by atoms with Gasteiger partial charge in [-0.05, 0) is 130 Å². The van der Waals surface area contributed by atoms with Gasteiger partial charge in [0.1, 0.15) is 11.2 Å². The maximum absolute atomic E-state index is 9.96. The number of fused-ring (bicyclic) bond motifs is 3. The van der Waals surface area contributed by atoms with Crippen LogP contribution in [-0.4, -0.2) is 15.0 Å². The van der Waals surface area contributed by atoms with E-state index in [1.165, 1.54) is 6.20 Å². The van der Waals surface area contributed by atoms with Crippen LogP contribution in [0.3, 0.4) is 0 Å². The average Bonchev–Trinajstić information content (AvgIpc) is 3.72. The fourth-order valence-corrected chi connectivity index (χ4v) is 9.09. The van der Waals surface area contributed by atoms with Crippen molar-refractivity contribution < 1.29 is 9.90 Å². The highest BCUT2D eigenvalue weighted by Gasteiger charge is 2.26. The van der Waals surface area contributed by atoms with Gasteiger partial charge in [0.25, 0.3) is 0 Å². The Morgan fingerprint density at radius 2 is 1.09 bits per heavy atom. The van der Waals surface area contributed by atoms with Crippen LogP contribution in [-0.2, 0) is 42.8 Å². The number of hydrogen-bond donors (Lipinski definition) is 0. The Hall–Kier alpha value is -7.16. The third-order valence-electron chi connectivity index (χ3n) is 12.5. The molecular formula is C61H58N4O. The van der Waals surface area contributed by atoms with Crippen molar-refractivity contribution in [1.29, 1.82) is 5.26 Å². The molecule has 5 nitrogen and oxygen atoms in total. The molecule has 4 heterocycles. The molecule has 328 valence electrons. The maximum Gasteiger partial charge on any atom is 0.144 e. The van der Waals surface area contributed by atoms with E-state index in [4.69, 9.17) is 19.4 Å². The molecule has 0 aliphatic rings. The molecule has 66 heavy (non-hydrogen) atoms. The lowest BCUT2D eigenvalue weighted by atomic mass is 9.77. The Labute approximate surface area is 395 Å². The summed E-state index contributed by atoms with van der Waals surface area (Å²) in [5, 5.41) is 11.3. The highest BCUT2D eigenvalue weighted by Crippen LogP contribution is 2.38. The molecule has 9 rings (SSSR count). The molecule has 0 fully saturated rings. The van der Waals surface area contributed by atoms with Gasteiger partial charge >= 0.3 is 0 Å². The minimum Gasteiger partial charge on any atom is -0.455 e. The first-order chi connectivity index (χ1) is 33.2. The van der Waals surface area contributed by atoms with Crippen LogP contribution in [0.2, 0.25) is 0 Å². The van der Waals surface area contributed by atoms with Gasteiger partial charge in [0.05, 0.1) is 28.7 Å². The quantitative estimate of drug-likeness (QED) is 0.115. The van der Waals surface area contributed by atoms with Gasteiger partial charge in [0.2, 0.25) is 0 Å². The fraction of sp³-hybridized carbons (Fsp3) is 0.246. The zero-order valence-electron chi connectivity index (χ0n) is 42.9. The second kappa shape index (κ2) is 18.0. The number of pyridine rings is 3. The third-order valence-corrected chi connectivity index (χ3v) is 12.5. The molecule has 0 aliphatic heterocycles. The van der Waals surface area contributed by atoms with Gasteiger partial charge < -0.3 is 4.42 Å². The molecule has 5 aromatic carbocycles. The number of para-hydroxylation sites is 1. The zero-order valence-corrected chi connectivity index (χ0v) is 38.9. The lowest BCUT2D eigenvalue weighted by molar-refractivity contribution is 0.409. The summed E-state index contributed by atoms with van der Waals surface area (Å²) in [6.45, 7) is 15.0. The molecule has 0 aliphatic carbocycles. The number of benzene rings is 5. The fourth-order valence-electron chi connectivity index (χ4n) is 9.09. The lowest BCUT2D eigenvalue weighted by Crippen LogP contribution is -2.23. The number of nitrogens with zero attached hydrogens (tertiary/aromatic N) is 4. The standard InChI is InChI=1S/C61H58N4O/c1-59(2,3)36-48-33-56(53-20-14-19-52-51-26-22-42(37-62)32-57(51)66-58(52)53)63-38-47(48)23-21-41-29-43(34-60(4,5)49-24-27-54(64-39-49)45-15-10-8-11-16-45)31-44(30-41)35-61(6,7)50-25-28-55(65-40-50)46-17-12-9-13-18-46/h8-20,22,24-33,38-40H,21,23,34-36H2,1-7H3/i21D2,23D2. The van der Waals surface area contributed by atoms with E-state index in [0.717, 1.165) is 61.1 Å². The molecule has 0 atom stereocenters. The van der Waals surface area contributed by atoms with Gasteiger partial charge in [-0.3, -0.25) is 15.0 Å². The molecule has 0 radical (unpaired) electrons. The van der Waals surface area contributed by atoms with Crippen LogP contribution in [0.25, 0.3) is 55.7 Å². The van der Waals surface area contributed by atoms with Crippen molar-refractivity contribution in [3.8, 4) is 39.8 Å². The number of aromatic nitrogens is 3. The normalized spacial score (nSPS) is 13.5. The molecular weight excluding hydrogens is 805 g/mol. The molecule has 0 spiro atoms. The molecule has 4 aromatic heterocycles. The Morgan fingerprint density at radius 3 is 1.64 bits per heavy atom. The number of aryl methyl sites for hydroxylation is 2. The zero-order chi connectivity index (χ0) is 49.6. The van der Waals surface area contributed by atoms with Gasteiger partial charge in [0.15, 0.2) is 0 Å². The van der Waals surface area contributed by atoms with Crippen molar-refractivity contribution in [2.24, 2.45) is 5.41 Å². The van der Waals surface area contributed by atoms with Crippen LogP contribution in [0.1, 0.15) is 98.5 Å². The molecule has 0 N–H and O–H groups in total. The first-order valence-corrected chi connectivity index (χ1v) is 22.7. The molecule has 0 saturated carbocycles. The van der Waals surface area contributed by atoms with E-state index in [0.29, 0.717) is 47.2 Å². The average molecular weight is 867 g/mol. The molecule has 0 amide bonds. The van der Waals surface area contributed by atoms with Crippen LogP contribution in [0.5, 0.6) is 0 Å². The first-order valence-electron chi connectivity index (χ1n) is 24.7. The van der Waals surface area contributed by atoms with Gasteiger partial charge in [-0.25, -0.2) is 0 Å². The van der Waals surface area contributed by atoms with E-state index in [9.17, 15) is 10.7 Å². The first kappa shape index (κ1) is 39.2. The predicted octanol–water partition coefficient (Wildman–Crippen LogP) is 15.1. The monoisotopic (exact) mass is 866 g/mol. The van der Waals surface area contributed by atoms with Crippen LogP contribution in [0.4, 0.5) is 0 Å². The molecule has 9 aromatic rings. The molecule has 0 bridgehead atoms. The van der Waals surface area contributed by atoms with E-state index in [1.807, 2.05) is 91.3 Å². The van der Waals surface area contributed by atoms with Crippen molar-refractivity contribution in [3.05, 3.63) is 209 Å². The maximum atomic E-state index is 9.96. The van der Waals surface area contributed by atoms with Crippen LogP contribution < -0.4 is 0 Å². The third kappa shape index (κ3) is 9.75. The molecule has 0 unspecified atom stereocenters. The van der Waals surface area contributed by atoms with Gasteiger partial charge in [-0.2, -0.15) is 5.26 Å². The number of rotatable bonds is 13. The van der Waals surface area contributed by atoms with Crippen molar-refractivity contribution in [3.63, 3.8) is 0 Å². The summed E-state index contributed by atoms with van der Waals surface area (Å²) in [7, 11) is 0. The summed E-state index contributed by atoms with van der Waals surface area (Å²) in [5.41, 5.74) is 10.9. The lowest BCUT2D eigenvalue weighted by Gasteiger charge is -2.28. The van der Waals surface area contributed by atoms with E-state index >= 15 is 0 Å². The Balaban J connectivity index is 1.11. The molecule has 5 heteroatoms. The Morgan fingerprint density at radius 1 is 0.515 bits per heavy atom. The number of nitriles is 1. The van der Waals surface area contributed by atoms with Crippen LogP contribution in [0.15, 0.2) is 169 Å². The summed E-state index contributed by atoms with van der Waals surface area (Å²) in [4.78, 5) is 14.6. The molecule has 0 saturated heterocycles. The highest BCUT2D eigenvalue weighted by molar-refractivity contribution is 6.09. The summed E-state index contributed by atoms with van der Waals surface area (Å²) in [5.74, 6) is 0. The van der Waals surface area contributed by atoms with Crippen molar-refractivity contribution in [1.82, 2.24) is 15.0 Å². The van der Waals surface area contributed by atoms with Gasteiger partial charge in [0, 0.05) is 51.5 Å². The summed E-state index contributed by atoms with van der Waals surface area (Å²) >= 11 is 0. The highest BCUT2D eigenvalue weighted by atomic mass is 16.3. The SMILES string of the molecule is [2H]C([2H])(c1cc(CC(C)(C)c2ccc(-c3ccccc3)nc2)cc(CC(C)(C)c2ccc(-c3ccccc3)nc2)c1)C([2H])([2H])c1cnc(-c2cccc3c2oc2cc(C#N)ccc23)cc1CC(C)(C)C. The van der Waals surface area contributed by atoms with E-state index in [2.05, 4.69) is 109 Å². The summed E-state index contributed by atoms with van der Waals surface area (Å²) < 4.78 is 46.1. The number of hydrogen-bond acceptors (Lipinski definition) is 5. The second-order valence-corrected chi connectivity index (χ2v) is 20.1. The van der Waals surface area contributed by atoms with Crippen molar-refractivity contribution >= 4 is 21.9 Å². The number of furan rings is 1. The minimum absolute atomic E-state index is 0.202. The van der Waals surface area contributed by atoms with Crippen LogP contribution in [0, 0.1) is 16.7 Å². The van der Waals surface area contributed by atoms with E-state index in [-0.39, 0.29) is 16.5 Å². The van der Waals surface area contributed by atoms with Gasteiger partial charge in [-0.1, -0.05) is 152 Å². The Kier molecular flexibility index (Phi) is 10.7. The van der Waals surface area contributed by atoms with E-state index in [1.54, 1.807) is 12.1 Å². The van der Waals surface area contributed by atoms with Crippen molar-refractivity contribution in [2.75, 3.05) is 0 Å². The van der Waals surface area contributed by atoms with Gasteiger partial charge in [-0.15, -0.1) is 0 Å². The Bertz CT molecular complexity index is 3270. The second-order valence-electron chi connectivity index (χ2n) is 20.1. The smallest absolute Gasteiger partial charge is 0.144 e. The predicted molar refractivity (Wildman–Crippen MR) is 271 cm³/mol. The minimum atomic E-state index is -2.52. The van der Waals surface area contributed by atoms with Crippen LogP contribution >= 0.6 is 0 Å². The summed E-state index contributed by atoms with van der Waals surface area (Å²) in [6.07, 6.45) is 1.97. The summed E-state index contributed by atoms with van der Waals surface area (Å²) in [6, 6.07) is 49.8.